The summed E-state index contributed by atoms with van der Waals surface area (Å²) >= 11 is 0. The van der Waals surface area contributed by atoms with E-state index in [9.17, 15) is 9.59 Å². The van der Waals surface area contributed by atoms with Crippen molar-refractivity contribution in [3.8, 4) is 5.75 Å². The molecular formula is C20H18N4O3. The van der Waals surface area contributed by atoms with Crippen LogP contribution < -0.4 is 26.2 Å². The molecule has 1 heterocycles. The highest BCUT2D eigenvalue weighted by molar-refractivity contribution is 5.84. The molecule has 0 aliphatic heterocycles. The number of hydrogen-bond donors (Lipinski definition) is 3. The van der Waals surface area contributed by atoms with Crippen LogP contribution in [0.25, 0.3) is 11.0 Å². The molecule has 0 aliphatic carbocycles. The Hall–Kier alpha value is -3.61. The number of nitrogens with zero attached hydrogens (tertiary/aromatic N) is 1. The first-order valence-electron chi connectivity index (χ1n) is 8.51. The van der Waals surface area contributed by atoms with Crippen molar-refractivity contribution in [1.82, 2.24) is 9.97 Å². The number of rotatable bonds is 6. The van der Waals surface area contributed by atoms with Gasteiger partial charge in [-0.15, -0.1) is 0 Å². The molecule has 0 unspecified atom stereocenters. The van der Waals surface area contributed by atoms with Crippen molar-refractivity contribution in [2.75, 3.05) is 17.7 Å². The highest BCUT2D eigenvalue weighted by Crippen LogP contribution is 2.27. The van der Waals surface area contributed by atoms with Crippen molar-refractivity contribution in [3.63, 3.8) is 0 Å². The number of H-pyrrole nitrogens is 1. The topological polar surface area (TPSA) is 96.1 Å². The van der Waals surface area contributed by atoms with Crippen molar-refractivity contribution in [2.24, 2.45) is 0 Å². The SMILES string of the molecule is COc1cccc([C@@H](C)Nc2c(Nc3ccc4nc[nH]c4c3)c(=O)c2=O)c1. The predicted octanol–water partition coefficient (Wildman–Crippen LogP) is 3.08. The molecule has 7 heteroatoms. The van der Waals surface area contributed by atoms with Crippen molar-refractivity contribution in [2.45, 2.75) is 13.0 Å². The maximum atomic E-state index is 12.1. The molecule has 0 bridgehead atoms. The fourth-order valence-corrected chi connectivity index (χ4v) is 3.02. The van der Waals surface area contributed by atoms with Gasteiger partial charge < -0.3 is 20.4 Å². The van der Waals surface area contributed by atoms with Gasteiger partial charge in [0.1, 0.15) is 17.1 Å². The van der Waals surface area contributed by atoms with Gasteiger partial charge in [0.05, 0.1) is 24.5 Å². The third-order valence-corrected chi connectivity index (χ3v) is 4.55. The van der Waals surface area contributed by atoms with Crippen LogP contribution in [0.3, 0.4) is 0 Å². The number of ether oxygens (including phenoxy) is 1. The first-order valence-corrected chi connectivity index (χ1v) is 8.51. The summed E-state index contributed by atoms with van der Waals surface area (Å²) in [4.78, 5) is 31.3. The molecule has 27 heavy (non-hydrogen) atoms. The summed E-state index contributed by atoms with van der Waals surface area (Å²) in [6.45, 7) is 1.92. The number of aromatic nitrogens is 2. The van der Waals surface area contributed by atoms with E-state index >= 15 is 0 Å². The van der Waals surface area contributed by atoms with Crippen LogP contribution in [0.5, 0.6) is 5.75 Å². The lowest BCUT2D eigenvalue weighted by molar-refractivity contribution is 0.414. The van der Waals surface area contributed by atoms with Crippen LogP contribution in [-0.2, 0) is 0 Å². The minimum Gasteiger partial charge on any atom is -0.497 e. The van der Waals surface area contributed by atoms with E-state index in [0.717, 1.165) is 22.3 Å². The second kappa shape index (κ2) is 6.60. The monoisotopic (exact) mass is 362 g/mol. The first-order chi connectivity index (χ1) is 13.1. The summed E-state index contributed by atoms with van der Waals surface area (Å²) in [5.74, 6) is 0.734. The molecule has 4 rings (SSSR count). The van der Waals surface area contributed by atoms with E-state index in [1.54, 1.807) is 13.4 Å². The molecule has 0 fully saturated rings. The molecule has 3 aromatic carbocycles. The highest BCUT2D eigenvalue weighted by Gasteiger charge is 2.23. The van der Waals surface area contributed by atoms with Crippen molar-refractivity contribution in [3.05, 3.63) is 74.8 Å². The van der Waals surface area contributed by atoms with E-state index in [2.05, 4.69) is 20.6 Å². The zero-order valence-corrected chi connectivity index (χ0v) is 14.9. The van der Waals surface area contributed by atoms with E-state index in [1.165, 1.54) is 0 Å². The number of fused-ring (bicyclic) bond motifs is 1. The van der Waals surface area contributed by atoms with Crippen molar-refractivity contribution >= 4 is 28.1 Å². The maximum Gasteiger partial charge on any atom is 0.253 e. The van der Waals surface area contributed by atoms with E-state index in [4.69, 9.17) is 4.74 Å². The molecule has 0 spiro atoms. The molecule has 0 saturated carbocycles. The second-order valence-corrected chi connectivity index (χ2v) is 6.31. The van der Waals surface area contributed by atoms with Crippen LogP contribution in [-0.4, -0.2) is 17.1 Å². The van der Waals surface area contributed by atoms with E-state index in [0.29, 0.717) is 11.4 Å². The molecule has 3 N–H and O–H groups in total. The van der Waals surface area contributed by atoms with Gasteiger partial charge >= 0.3 is 0 Å². The summed E-state index contributed by atoms with van der Waals surface area (Å²) in [7, 11) is 1.60. The number of aromatic amines is 1. The van der Waals surface area contributed by atoms with Gasteiger partial charge in [-0.25, -0.2) is 4.98 Å². The van der Waals surface area contributed by atoms with Crippen molar-refractivity contribution in [1.29, 1.82) is 0 Å². The Morgan fingerprint density at radius 3 is 2.70 bits per heavy atom. The summed E-state index contributed by atoms with van der Waals surface area (Å²) < 4.78 is 5.24. The van der Waals surface area contributed by atoms with E-state index in [1.807, 2.05) is 49.4 Å². The molecule has 7 nitrogen and oxygen atoms in total. The van der Waals surface area contributed by atoms with E-state index < -0.39 is 10.9 Å². The fraction of sp³-hybridized carbons (Fsp3) is 0.150. The molecular weight excluding hydrogens is 344 g/mol. The number of imidazole rings is 1. The van der Waals surface area contributed by atoms with Gasteiger partial charge in [0, 0.05) is 11.7 Å². The Morgan fingerprint density at radius 1 is 1.07 bits per heavy atom. The lowest BCUT2D eigenvalue weighted by Gasteiger charge is -2.20. The number of nitrogens with one attached hydrogen (secondary N) is 3. The average molecular weight is 362 g/mol. The maximum absolute atomic E-state index is 12.1. The van der Waals surface area contributed by atoms with Gasteiger partial charge in [0.25, 0.3) is 10.9 Å². The minimum absolute atomic E-state index is 0.168. The standard InChI is InChI=1S/C20H18N4O3/c1-11(12-4-3-5-14(8-12)27-2)23-17-18(20(26)19(17)25)24-13-6-7-15-16(9-13)22-10-21-15/h3-11,23-24H,1-2H3,(H,21,22)/t11-/m1/s1. The lowest BCUT2D eigenvalue weighted by atomic mass is 10.1. The normalized spacial score (nSPS) is 12.2. The van der Waals surface area contributed by atoms with Crippen LogP contribution in [0.2, 0.25) is 0 Å². The smallest absolute Gasteiger partial charge is 0.253 e. The molecule has 0 aliphatic rings. The number of hydrogen-bond acceptors (Lipinski definition) is 6. The van der Waals surface area contributed by atoms with Gasteiger partial charge in [0.15, 0.2) is 0 Å². The Balaban J connectivity index is 1.58. The van der Waals surface area contributed by atoms with E-state index in [-0.39, 0.29) is 11.7 Å². The summed E-state index contributed by atoms with van der Waals surface area (Å²) in [5, 5.41) is 6.18. The third-order valence-electron chi connectivity index (χ3n) is 4.55. The molecule has 0 radical (unpaired) electrons. The first kappa shape index (κ1) is 16.8. The van der Waals surface area contributed by atoms with Gasteiger partial charge in [-0.3, -0.25) is 9.59 Å². The van der Waals surface area contributed by atoms with Crippen LogP contribution in [0.4, 0.5) is 17.1 Å². The van der Waals surface area contributed by atoms with Crippen LogP contribution in [0.15, 0.2) is 58.4 Å². The van der Waals surface area contributed by atoms with Gasteiger partial charge in [-0.2, -0.15) is 0 Å². The molecule has 4 aromatic rings. The number of benzene rings is 2. The lowest BCUT2D eigenvalue weighted by Crippen LogP contribution is -2.37. The Kier molecular flexibility index (Phi) is 4.12. The third kappa shape index (κ3) is 3.03. The largest absolute Gasteiger partial charge is 0.497 e. The van der Waals surface area contributed by atoms with Crippen LogP contribution in [0.1, 0.15) is 18.5 Å². The zero-order valence-electron chi connectivity index (χ0n) is 14.9. The van der Waals surface area contributed by atoms with Crippen LogP contribution >= 0.6 is 0 Å². The minimum atomic E-state index is -0.528. The number of anilines is 3. The zero-order chi connectivity index (χ0) is 19.0. The van der Waals surface area contributed by atoms with Gasteiger partial charge in [0.2, 0.25) is 0 Å². The molecule has 1 atom stereocenters. The fourth-order valence-electron chi connectivity index (χ4n) is 3.02. The quantitative estimate of drug-likeness (QED) is 0.456. The average Bonchev–Trinajstić information content (AvgIpc) is 3.18. The molecule has 1 aromatic heterocycles. The van der Waals surface area contributed by atoms with Gasteiger partial charge in [-0.1, -0.05) is 12.1 Å². The van der Waals surface area contributed by atoms with Crippen LogP contribution in [0, 0.1) is 0 Å². The summed E-state index contributed by atoms with van der Waals surface area (Å²) in [6.07, 6.45) is 1.61. The Bertz CT molecular complexity index is 1190. The highest BCUT2D eigenvalue weighted by atomic mass is 16.5. The van der Waals surface area contributed by atoms with Crippen molar-refractivity contribution < 1.29 is 4.74 Å². The summed E-state index contributed by atoms with van der Waals surface area (Å²) in [6, 6.07) is 12.9. The predicted molar refractivity (Wildman–Crippen MR) is 106 cm³/mol. The summed E-state index contributed by atoms with van der Waals surface area (Å²) in [5.41, 5.74) is 2.85. The molecule has 0 amide bonds. The number of methoxy groups -OCH3 is 1. The molecule has 0 saturated heterocycles. The molecule has 136 valence electrons. The second-order valence-electron chi connectivity index (χ2n) is 6.31. The van der Waals surface area contributed by atoms with Gasteiger partial charge in [-0.05, 0) is 42.8 Å². The Morgan fingerprint density at radius 2 is 1.89 bits per heavy atom. The Labute approximate surface area is 154 Å².